The summed E-state index contributed by atoms with van der Waals surface area (Å²) >= 11 is 0. The van der Waals surface area contributed by atoms with Gasteiger partial charge in [-0.2, -0.15) is 0 Å². The number of hydrogen-bond acceptors (Lipinski definition) is 1. The Morgan fingerprint density at radius 3 is 2.11 bits per heavy atom. The minimum absolute atomic E-state index is 0.174. The molecule has 0 aliphatic heterocycles. The first-order valence-electron chi connectivity index (χ1n) is 6.26. The summed E-state index contributed by atoms with van der Waals surface area (Å²) in [5, 5.41) is 9.41. The summed E-state index contributed by atoms with van der Waals surface area (Å²) in [7, 11) is 0. The normalized spacial score (nSPS) is 12.7. The maximum absolute atomic E-state index is 9.41. The van der Waals surface area contributed by atoms with Gasteiger partial charge in [-0.3, -0.25) is 0 Å². The maximum Gasteiger partial charge on any atom is 0.0497 e. The molecule has 0 amide bonds. The highest BCUT2D eigenvalue weighted by atomic mass is 16.3. The summed E-state index contributed by atoms with van der Waals surface area (Å²) in [4.78, 5) is 0. The second-order valence-corrected chi connectivity index (χ2v) is 4.40. The molecule has 0 saturated carbocycles. The van der Waals surface area contributed by atoms with Gasteiger partial charge in [0.1, 0.15) is 0 Å². The Kier molecular flexibility index (Phi) is 4.74. The van der Waals surface area contributed by atoms with Gasteiger partial charge in [-0.1, -0.05) is 72.8 Å². The molecule has 0 aliphatic rings. The van der Waals surface area contributed by atoms with Crippen LogP contribution in [0.25, 0.3) is 6.08 Å². The van der Waals surface area contributed by atoms with E-state index in [2.05, 4.69) is 36.4 Å². The van der Waals surface area contributed by atoms with Gasteiger partial charge in [-0.15, -0.1) is 0 Å². The van der Waals surface area contributed by atoms with Crippen molar-refractivity contribution in [3.63, 3.8) is 0 Å². The number of rotatable bonds is 5. The zero-order chi connectivity index (χ0) is 12.6. The molecule has 0 unspecified atom stereocenters. The quantitative estimate of drug-likeness (QED) is 0.844. The molecule has 0 fully saturated rings. The number of hydrogen-bond donors (Lipinski definition) is 1. The lowest BCUT2D eigenvalue weighted by molar-refractivity contribution is 0.252. The lowest BCUT2D eigenvalue weighted by Gasteiger charge is -2.09. The molecule has 0 aromatic heterocycles. The van der Waals surface area contributed by atoms with Crippen molar-refractivity contribution in [3.05, 3.63) is 77.9 Å². The topological polar surface area (TPSA) is 20.2 Å². The molecular weight excluding hydrogens is 220 g/mol. The number of aliphatic hydroxyl groups is 1. The van der Waals surface area contributed by atoms with Gasteiger partial charge in [0.15, 0.2) is 0 Å². The van der Waals surface area contributed by atoms with E-state index in [9.17, 15) is 5.11 Å². The van der Waals surface area contributed by atoms with E-state index in [-0.39, 0.29) is 12.5 Å². The Balaban J connectivity index is 2.00. The summed E-state index contributed by atoms with van der Waals surface area (Å²) in [6.07, 6.45) is 5.03. The Hall–Kier alpha value is -1.86. The summed E-state index contributed by atoms with van der Waals surface area (Å²) in [6, 6.07) is 20.4. The van der Waals surface area contributed by atoms with Crippen molar-refractivity contribution in [1.29, 1.82) is 0 Å². The molecule has 2 aromatic carbocycles. The van der Waals surface area contributed by atoms with Crippen molar-refractivity contribution in [3.8, 4) is 0 Å². The molecule has 0 spiro atoms. The predicted octanol–water partition coefficient (Wildman–Crippen LogP) is 3.55. The Labute approximate surface area is 108 Å². The average molecular weight is 238 g/mol. The summed E-state index contributed by atoms with van der Waals surface area (Å²) in [6.45, 7) is 0.179. The van der Waals surface area contributed by atoms with Crippen LogP contribution >= 0.6 is 0 Å². The highest BCUT2D eigenvalue weighted by molar-refractivity contribution is 5.49. The molecule has 0 saturated heterocycles. The van der Waals surface area contributed by atoms with Crippen LogP contribution in [-0.4, -0.2) is 11.7 Å². The fourth-order valence-corrected chi connectivity index (χ4v) is 1.92. The van der Waals surface area contributed by atoms with Crippen LogP contribution < -0.4 is 0 Å². The Bertz CT molecular complexity index is 473. The molecule has 2 aromatic rings. The minimum Gasteiger partial charge on any atom is -0.396 e. The van der Waals surface area contributed by atoms with Gasteiger partial charge in [-0.25, -0.2) is 0 Å². The Morgan fingerprint density at radius 2 is 1.50 bits per heavy atom. The summed E-state index contributed by atoms with van der Waals surface area (Å²) in [5.74, 6) is 0.174. The third-order valence-electron chi connectivity index (χ3n) is 2.94. The maximum atomic E-state index is 9.41. The molecule has 2 rings (SSSR count). The van der Waals surface area contributed by atoms with Gasteiger partial charge >= 0.3 is 0 Å². The van der Waals surface area contributed by atoms with Gasteiger partial charge < -0.3 is 5.11 Å². The number of benzene rings is 2. The van der Waals surface area contributed by atoms with Crippen LogP contribution in [-0.2, 0) is 6.42 Å². The standard InChI is InChI=1S/C17H18O/c18-14-17(13-16-9-5-2-6-10-16)12-11-15-7-3-1-4-8-15/h1-12,17-18H,13-14H2/b12-11+/t17-/m0/s1. The van der Waals surface area contributed by atoms with Gasteiger partial charge in [0, 0.05) is 12.5 Å². The van der Waals surface area contributed by atoms with E-state index in [4.69, 9.17) is 0 Å². The molecular formula is C17H18O. The van der Waals surface area contributed by atoms with Crippen molar-refractivity contribution >= 4 is 6.08 Å². The summed E-state index contributed by atoms with van der Waals surface area (Å²) in [5.41, 5.74) is 2.43. The van der Waals surface area contributed by atoms with E-state index in [0.29, 0.717) is 0 Å². The first-order chi connectivity index (χ1) is 8.88. The molecule has 0 bridgehead atoms. The third kappa shape index (κ3) is 3.86. The van der Waals surface area contributed by atoms with E-state index in [0.717, 1.165) is 6.42 Å². The molecule has 1 atom stereocenters. The molecule has 18 heavy (non-hydrogen) atoms. The predicted molar refractivity (Wildman–Crippen MR) is 76.2 cm³/mol. The zero-order valence-electron chi connectivity index (χ0n) is 10.4. The van der Waals surface area contributed by atoms with Crippen molar-refractivity contribution in [2.45, 2.75) is 6.42 Å². The van der Waals surface area contributed by atoms with Gasteiger partial charge in [-0.05, 0) is 17.5 Å². The van der Waals surface area contributed by atoms with Crippen LogP contribution in [0.5, 0.6) is 0 Å². The van der Waals surface area contributed by atoms with Crippen LogP contribution in [0.1, 0.15) is 11.1 Å². The first-order valence-corrected chi connectivity index (χ1v) is 6.26. The third-order valence-corrected chi connectivity index (χ3v) is 2.94. The lowest BCUT2D eigenvalue weighted by atomic mass is 9.99. The largest absolute Gasteiger partial charge is 0.396 e. The van der Waals surface area contributed by atoms with Crippen LogP contribution in [0, 0.1) is 5.92 Å². The van der Waals surface area contributed by atoms with E-state index in [1.54, 1.807) is 0 Å². The van der Waals surface area contributed by atoms with Crippen molar-refractivity contribution in [1.82, 2.24) is 0 Å². The fraction of sp³-hybridized carbons (Fsp3) is 0.176. The molecule has 0 radical (unpaired) electrons. The van der Waals surface area contributed by atoms with Crippen LogP contribution in [0.15, 0.2) is 66.7 Å². The SMILES string of the molecule is OC[C@@H](/C=C/c1ccccc1)Cc1ccccc1. The number of aliphatic hydroxyl groups excluding tert-OH is 1. The van der Waals surface area contributed by atoms with Crippen molar-refractivity contribution < 1.29 is 5.11 Å². The van der Waals surface area contributed by atoms with E-state index >= 15 is 0 Å². The molecule has 1 N–H and O–H groups in total. The van der Waals surface area contributed by atoms with E-state index in [1.807, 2.05) is 36.4 Å². The van der Waals surface area contributed by atoms with Gasteiger partial charge in [0.2, 0.25) is 0 Å². The highest BCUT2D eigenvalue weighted by Crippen LogP contribution is 2.12. The molecule has 1 nitrogen and oxygen atoms in total. The fourth-order valence-electron chi connectivity index (χ4n) is 1.92. The zero-order valence-corrected chi connectivity index (χ0v) is 10.4. The van der Waals surface area contributed by atoms with Crippen LogP contribution in [0.4, 0.5) is 0 Å². The van der Waals surface area contributed by atoms with Gasteiger partial charge in [0.05, 0.1) is 0 Å². The lowest BCUT2D eigenvalue weighted by Crippen LogP contribution is -2.06. The highest BCUT2D eigenvalue weighted by Gasteiger charge is 2.04. The molecule has 0 aliphatic carbocycles. The van der Waals surface area contributed by atoms with Crippen molar-refractivity contribution in [2.75, 3.05) is 6.61 Å². The second kappa shape index (κ2) is 6.77. The molecule has 0 heterocycles. The van der Waals surface area contributed by atoms with E-state index in [1.165, 1.54) is 11.1 Å². The molecule has 1 heteroatoms. The van der Waals surface area contributed by atoms with Gasteiger partial charge in [0.25, 0.3) is 0 Å². The van der Waals surface area contributed by atoms with Crippen LogP contribution in [0.3, 0.4) is 0 Å². The van der Waals surface area contributed by atoms with E-state index < -0.39 is 0 Å². The van der Waals surface area contributed by atoms with Crippen LogP contribution in [0.2, 0.25) is 0 Å². The van der Waals surface area contributed by atoms with Crippen molar-refractivity contribution in [2.24, 2.45) is 5.92 Å². The minimum atomic E-state index is 0.174. The first kappa shape index (κ1) is 12.6. The summed E-state index contributed by atoms with van der Waals surface area (Å²) < 4.78 is 0. The second-order valence-electron chi connectivity index (χ2n) is 4.40. The smallest absolute Gasteiger partial charge is 0.0497 e. The Morgan fingerprint density at radius 1 is 0.889 bits per heavy atom. The molecule has 92 valence electrons. The monoisotopic (exact) mass is 238 g/mol. The average Bonchev–Trinajstić information content (AvgIpc) is 2.45.